The molecule has 0 bridgehead atoms. The molecular formula is C7H14O2S. The lowest BCUT2D eigenvalue weighted by atomic mass is 10.1. The highest BCUT2D eigenvalue weighted by Crippen LogP contribution is 2.42. The molecule has 0 aromatic rings. The lowest BCUT2D eigenvalue weighted by molar-refractivity contribution is 0.551. The Morgan fingerprint density at radius 3 is 2.00 bits per heavy atom. The normalized spacial score (nSPS) is 32.8. The maximum atomic E-state index is 10.9. The highest BCUT2D eigenvalue weighted by molar-refractivity contribution is 7.91. The van der Waals surface area contributed by atoms with Crippen molar-refractivity contribution in [3.63, 3.8) is 0 Å². The molecular weight excluding hydrogens is 148 g/mol. The van der Waals surface area contributed by atoms with Crippen LogP contribution in [0.1, 0.15) is 20.3 Å². The molecule has 1 aliphatic rings. The van der Waals surface area contributed by atoms with Gasteiger partial charge in [0.05, 0.1) is 5.25 Å². The summed E-state index contributed by atoms with van der Waals surface area (Å²) in [6, 6.07) is 0. The first-order chi connectivity index (χ1) is 4.43. The van der Waals surface area contributed by atoms with Crippen LogP contribution in [0.5, 0.6) is 0 Å². The van der Waals surface area contributed by atoms with Gasteiger partial charge in [0.25, 0.3) is 0 Å². The Bertz CT molecular complexity index is 216. The fraction of sp³-hybridized carbons (Fsp3) is 1.00. The quantitative estimate of drug-likeness (QED) is 0.608. The van der Waals surface area contributed by atoms with Crippen molar-refractivity contribution < 1.29 is 8.42 Å². The molecule has 0 saturated heterocycles. The third-order valence-electron chi connectivity index (χ3n) is 2.19. The van der Waals surface area contributed by atoms with Gasteiger partial charge in [0.2, 0.25) is 0 Å². The molecule has 2 atom stereocenters. The van der Waals surface area contributed by atoms with Gasteiger partial charge in [-0.15, -0.1) is 0 Å². The Morgan fingerprint density at radius 2 is 1.90 bits per heavy atom. The minimum atomic E-state index is -2.72. The Balaban J connectivity index is 2.55. The Labute approximate surface area is 62.5 Å². The summed E-state index contributed by atoms with van der Waals surface area (Å²) in [6.07, 6.45) is 2.22. The number of sulfone groups is 1. The second-order valence-corrected chi connectivity index (χ2v) is 5.78. The van der Waals surface area contributed by atoms with E-state index < -0.39 is 9.84 Å². The van der Waals surface area contributed by atoms with Crippen molar-refractivity contribution in [2.75, 3.05) is 6.26 Å². The number of hydrogen-bond acceptors (Lipinski definition) is 2. The zero-order valence-corrected chi connectivity index (χ0v) is 7.48. The molecule has 0 amide bonds. The van der Waals surface area contributed by atoms with Crippen molar-refractivity contribution in [2.24, 2.45) is 11.8 Å². The van der Waals surface area contributed by atoms with Gasteiger partial charge in [-0.3, -0.25) is 0 Å². The molecule has 10 heavy (non-hydrogen) atoms. The van der Waals surface area contributed by atoms with Crippen LogP contribution in [0.3, 0.4) is 0 Å². The van der Waals surface area contributed by atoms with E-state index in [1.165, 1.54) is 6.26 Å². The summed E-state index contributed by atoms with van der Waals surface area (Å²) in [5, 5.41) is -0.0208. The predicted octanol–water partition coefficient (Wildman–Crippen LogP) is 1.08. The maximum Gasteiger partial charge on any atom is 0.150 e. The fourth-order valence-corrected chi connectivity index (χ4v) is 2.90. The molecule has 3 heteroatoms. The molecule has 2 nitrogen and oxygen atoms in total. The van der Waals surface area contributed by atoms with E-state index in [1.807, 2.05) is 0 Å². The number of rotatable bonds is 2. The molecule has 0 aromatic carbocycles. The maximum absolute atomic E-state index is 10.9. The van der Waals surface area contributed by atoms with E-state index in [0.717, 1.165) is 6.42 Å². The van der Waals surface area contributed by atoms with Crippen molar-refractivity contribution in [3.05, 3.63) is 0 Å². The Hall–Kier alpha value is -0.0500. The highest BCUT2D eigenvalue weighted by Gasteiger charge is 2.46. The Morgan fingerprint density at radius 1 is 1.40 bits per heavy atom. The van der Waals surface area contributed by atoms with Crippen molar-refractivity contribution in [3.8, 4) is 0 Å². The molecule has 0 spiro atoms. The zero-order valence-electron chi connectivity index (χ0n) is 6.66. The van der Waals surface area contributed by atoms with Crippen LogP contribution in [-0.2, 0) is 9.84 Å². The van der Waals surface area contributed by atoms with Gasteiger partial charge in [-0.1, -0.05) is 13.8 Å². The first-order valence-electron chi connectivity index (χ1n) is 3.62. The average Bonchev–Trinajstić information content (AvgIpc) is 2.35. The van der Waals surface area contributed by atoms with Crippen molar-refractivity contribution in [2.45, 2.75) is 25.5 Å². The molecule has 60 valence electrons. The van der Waals surface area contributed by atoms with E-state index in [9.17, 15) is 8.42 Å². The van der Waals surface area contributed by atoms with Gasteiger partial charge >= 0.3 is 0 Å². The third kappa shape index (κ3) is 1.51. The van der Waals surface area contributed by atoms with Crippen LogP contribution in [0.25, 0.3) is 0 Å². The molecule has 1 rings (SSSR count). The topological polar surface area (TPSA) is 34.1 Å². The van der Waals surface area contributed by atoms with Crippen LogP contribution in [0.2, 0.25) is 0 Å². The van der Waals surface area contributed by atoms with Crippen LogP contribution in [0.4, 0.5) is 0 Å². The zero-order chi connectivity index (χ0) is 7.94. The molecule has 0 heterocycles. The molecule has 1 saturated carbocycles. The molecule has 1 fully saturated rings. The summed E-state index contributed by atoms with van der Waals surface area (Å²) >= 11 is 0. The van der Waals surface area contributed by atoms with E-state index in [-0.39, 0.29) is 5.25 Å². The average molecular weight is 162 g/mol. The first kappa shape index (κ1) is 8.05. The highest BCUT2D eigenvalue weighted by atomic mass is 32.2. The largest absolute Gasteiger partial charge is 0.229 e. The summed E-state index contributed by atoms with van der Waals surface area (Å²) in [4.78, 5) is 0. The summed E-state index contributed by atoms with van der Waals surface area (Å²) in [6.45, 7) is 4.16. The second kappa shape index (κ2) is 2.22. The van der Waals surface area contributed by atoms with Gasteiger partial charge in [-0.25, -0.2) is 8.42 Å². The SMILES string of the molecule is CC(C)[C@H]1CC1S(C)(=O)=O. The first-order valence-corrected chi connectivity index (χ1v) is 5.57. The molecule has 1 unspecified atom stereocenters. The van der Waals surface area contributed by atoms with Gasteiger partial charge < -0.3 is 0 Å². The van der Waals surface area contributed by atoms with Crippen molar-refractivity contribution >= 4 is 9.84 Å². The van der Waals surface area contributed by atoms with E-state index >= 15 is 0 Å². The smallest absolute Gasteiger partial charge is 0.150 e. The van der Waals surface area contributed by atoms with Crippen molar-refractivity contribution in [1.29, 1.82) is 0 Å². The van der Waals surface area contributed by atoms with Crippen LogP contribution in [-0.4, -0.2) is 19.9 Å². The molecule has 0 aromatic heterocycles. The third-order valence-corrected chi connectivity index (χ3v) is 3.83. The van der Waals surface area contributed by atoms with E-state index in [4.69, 9.17) is 0 Å². The van der Waals surface area contributed by atoms with Crippen molar-refractivity contribution in [1.82, 2.24) is 0 Å². The van der Waals surface area contributed by atoms with Crippen LogP contribution < -0.4 is 0 Å². The van der Waals surface area contributed by atoms with Gasteiger partial charge in [0, 0.05) is 6.26 Å². The second-order valence-electron chi connectivity index (χ2n) is 3.51. The summed E-state index contributed by atoms with van der Waals surface area (Å²) < 4.78 is 21.8. The summed E-state index contributed by atoms with van der Waals surface area (Å²) in [7, 11) is -2.72. The molecule has 0 N–H and O–H groups in total. The minimum Gasteiger partial charge on any atom is -0.229 e. The minimum absolute atomic E-state index is 0.0208. The van der Waals surface area contributed by atoms with Crippen LogP contribution >= 0.6 is 0 Å². The van der Waals surface area contributed by atoms with Crippen LogP contribution in [0, 0.1) is 11.8 Å². The lowest BCUT2D eigenvalue weighted by Crippen LogP contribution is -2.08. The predicted molar refractivity (Wildman–Crippen MR) is 41.6 cm³/mol. The monoisotopic (exact) mass is 162 g/mol. The van der Waals surface area contributed by atoms with Gasteiger partial charge in [0.1, 0.15) is 0 Å². The molecule has 0 radical (unpaired) electrons. The summed E-state index contributed by atoms with van der Waals surface area (Å²) in [5.41, 5.74) is 0. The molecule has 0 aliphatic heterocycles. The molecule has 1 aliphatic carbocycles. The van der Waals surface area contributed by atoms with E-state index in [0.29, 0.717) is 11.8 Å². The number of hydrogen-bond donors (Lipinski definition) is 0. The lowest BCUT2D eigenvalue weighted by Gasteiger charge is -2.00. The van der Waals surface area contributed by atoms with Crippen LogP contribution in [0.15, 0.2) is 0 Å². The van der Waals surface area contributed by atoms with Gasteiger partial charge in [0.15, 0.2) is 9.84 Å². The van der Waals surface area contributed by atoms with E-state index in [2.05, 4.69) is 13.8 Å². The Kier molecular flexibility index (Phi) is 1.79. The standard InChI is InChI=1S/C7H14O2S/c1-5(2)6-4-7(6)10(3,8)9/h5-7H,4H2,1-3H3/t6-,7?/m1/s1. The van der Waals surface area contributed by atoms with Gasteiger partial charge in [-0.2, -0.15) is 0 Å². The summed E-state index contributed by atoms with van der Waals surface area (Å²) in [5.74, 6) is 0.967. The fourth-order valence-electron chi connectivity index (χ4n) is 1.38. The van der Waals surface area contributed by atoms with E-state index in [1.54, 1.807) is 0 Å². The van der Waals surface area contributed by atoms with Gasteiger partial charge in [-0.05, 0) is 18.3 Å².